The number of thiophene rings is 1. The molecular weight excluding hydrogens is 286 g/mol. The second-order valence-electron chi connectivity index (χ2n) is 4.56. The van der Waals surface area contributed by atoms with E-state index in [0.29, 0.717) is 6.04 Å². The van der Waals surface area contributed by atoms with E-state index in [2.05, 4.69) is 33.0 Å². The van der Waals surface area contributed by atoms with Crippen LogP contribution < -0.4 is 0 Å². The smallest absolute Gasteiger partial charge is 0.0701 e. The van der Waals surface area contributed by atoms with Crippen LogP contribution in [0.4, 0.5) is 0 Å². The molecule has 0 saturated carbocycles. The summed E-state index contributed by atoms with van der Waals surface area (Å²) in [6, 6.07) is 4.87. The molecule has 2 atom stereocenters. The van der Waals surface area contributed by atoms with Crippen LogP contribution in [0.1, 0.15) is 31.1 Å². The normalized spacial score (nSPS) is 23.8. The molecule has 0 aromatic carbocycles. The highest BCUT2D eigenvalue weighted by Crippen LogP contribution is 2.28. The summed E-state index contributed by atoms with van der Waals surface area (Å²) in [5, 5.41) is 9.47. The van der Waals surface area contributed by atoms with Crippen LogP contribution in [0.3, 0.4) is 0 Å². The van der Waals surface area contributed by atoms with Crippen molar-refractivity contribution in [2.45, 2.75) is 44.9 Å². The quantitative estimate of drug-likeness (QED) is 0.923. The molecule has 0 radical (unpaired) electrons. The predicted molar refractivity (Wildman–Crippen MR) is 71.7 cm³/mol. The Morgan fingerprint density at radius 3 is 3.06 bits per heavy atom. The maximum atomic E-state index is 9.47. The van der Waals surface area contributed by atoms with Crippen LogP contribution in [0.15, 0.2) is 15.9 Å². The van der Waals surface area contributed by atoms with Gasteiger partial charge in [-0.05, 0) is 60.8 Å². The van der Waals surface area contributed by atoms with E-state index < -0.39 is 0 Å². The van der Waals surface area contributed by atoms with Gasteiger partial charge in [-0.25, -0.2) is 0 Å². The van der Waals surface area contributed by atoms with Crippen LogP contribution in [0, 0.1) is 0 Å². The first-order chi connectivity index (χ1) is 7.65. The summed E-state index contributed by atoms with van der Waals surface area (Å²) < 4.78 is 1.20. The van der Waals surface area contributed by atoms with Crippen LogP contribution in [0.2, 0.25) is 0 Å². The van der Waals surface area contributed by atoms with Crippen LogP contribution in [-0.4, -0.2) is 28.7 Å². The van der Waals surface area contributed by atoms with Gasteiger partial charge in [0.1, 0.15) is 0 Å². The zero-order valence-electron chi connectivity index (χ0n) is 9.53. The number of hydrogen-bond donors (Lipinski definition) is 1. The van der Waals surface area contributed by atoms with Crippen molar-refractivity contribution in [3.63, 3.8) is 0 Å². The molecule has 0 bridgehead atoms. The Kier molecular flexibility index (Phi) is 4.41. The molecule has 4 heteroatoms. The van der Waals surface area contributed by atoms with Gasteiger partial charge in [-0.3, -0.25) is 4.90 Å². The second kappa shape index (κ2) is 5.63. The lowest BCUT2D eigenvalue weighted by Crippen LogP contribution is -2.31. The van der Waals surface area contributed by atoms with Crippen LogP contribution in [-0.2, 0) is 6.54 Å². The molecule has 0 aliphatic carbocycles. The molecule has 0 spiro atoms. The van der Waals surface area contributed by atoms with Crippen molar-refractivity contribution in [3.05, 3.63) is 20.8 Å². The van der Waals surface area contributed by atoms with Crippen LogP contribution >= 0.6 is 27.3 Å². The summed E-state index contributed by atoms with van der Waals surface area (Å²) in [6.07, 6.45) is 3.23. The number of aliphatic hydroxyl groups is 1. The lowest BCUT2D eigenvalue weighted by atomic mass is 10.1. The summed E-state index contributed by atoms with van der Waals surface area (Å²) in [7, 11) is 0. The molecule has 2 heterocycles. The van der Waals surface area contributed by atoms with Crippen molar-refractivity contribution in [2.75, 3.05) is 6.54 Å². The van der Waals surface area contributed by atoms with E-state index in [-0.39, 0.29) is 6.10 Å². The van der Waals surface area contributed by atoms with Crippen LogP contribution in [0.5, 0.6) is 0 Å². The third kappa shape index (κ3) is 3.29. The maximum Gasteiger partial charge on any atom is 0.0701 e. The number of nitrogens with zero attached hydrogens (tertiary/aromatic N) is 1. The van der Waals surface area contributed by atoms with E-state index in [9.17, 15) is 5.11 Å². The van der Waals surface area contributed by atoms with E-state index >= 15 is 0 Å². The first-order valence-electron chi connectivity index (χ1n) is 5.81. The van der Waals surface area contributed by atoms with Crippen molar-refractivity contribution < 1.29 is 5.11 Å². The fraction of sp³-hybridized carbons (Fsp3) is 0.667. The van der Waals surface area contributed by atoms with Gasteiger partial charge < -0.3 is 5.11 Å². The zero-order chi connectivity index (χ0) is 11.5. The monoisotopic (exact) mass is 303 g/mol. The molecule has 1 N–H and O–H groups in total. The summed E-state index contributed by atoms with van der Waals surface area (Å²) in [4.78, 5) is 3.91. The lowest BCUT2D eigenvalue weighted by molar-refractivity contribution is 0.131. The van der Waals surface area contributed by atoms with Crippen molar-refractivity contribution in [3.8, 4) is 0 Å². The topological polar surface area (TPSA) is 23.5 Å². The SMILES string of the molecule is CC(O)CC1CCCN1Cc1ccc(Br)s1. The van der Waals surface area contributed by atoms with E-state index in [1.54, 1.807) is 0 Å². The Bertz CT molecular complexity index is 340. The van der Waals surface area contributed by atoms with Crippen molar-refractivity contribution in [1.82, 2.24) is 4.90 Å². The minimum atomic E-state index is -0.180. The van der Waals surface area contributed by atoms with Gasteiger partial charge in [0.25, 0.3) is 0 Å². The van der Waals surface area contributed by atoms with Gasteiger partial charge in [-0.2, -0.15) is 0 Å². The Hall–Kier alpha value is 0.1000. The third-order valence-electron chi connectivity index (χ3n) is 3.10. The minimum absolute atomic E-state index is 0.180. The molecule has 1 aliphatic rings. The van der Waals surface area contributed by atoms with Crippen LogP contribution in [0.25, 0.3) is 0 Å². The summed E-state index contributed by atoms with van der Waals surface area (Å²) in [6.45, 7) is 4.10. The van der Waals surface area contributed by atoms with Crippen molar-refractivity contribution in [2.24, 2.45) is 0 Å². The highest BCUT2D eigenvalue weighted by Gasteiger charge is 2.25. The Balaban J connectivity index is 1.93. The first-order valence-corrected chi connectivity index (χ1v) is 7.42. The van der Waals surface area contributed by atoms with E-state index in [1.807, 2.05) is 18.3 Å². The summed E-state index contributed by atoms with van der Waals surface area (Å²) in [5.74, 6) is 0. The molecule has 1 aromatic rings. The Labute approximate surface area is 109 Å². The van der Waals surface area contributed by atoms with Gasteiger partial charge in [0.05, 0.1) is 9.89 Å². The first kappa shape index (κ1) is 12.6. The molecule has 0 amide bonds. The fourth-order valence-electron chi connectivity index (χ4n) is 2.40. The largest absolute Gasteiger partial charge is 0.393 e. The lowest BCUT2D eigenvalue weighted by Gasteiger charge is -2.24. The summed E-state index contributed by atoms with van der Waals surface area (Å²) in [5.41, 5.74) is 0. The van der Waals surface area contributed by atoms with E-state index in [0.717, 1.165) is 13.0 Å². The maximum absolute atomic E-state index is 9.47. The number of aliphatic hydroxyl groups excluding tert-OH is 1. The van der Waals surface area contributed by atoms with Gasteiger partial charge >= 0.3 is 0 Å². The number of hydrogen-bond acceptors (Lipinski definition) is 3. The zero-order valence-corrected chi connectivity index (χ0v) is 11.9. The Morgan fingerprint density at radius 1 is 1.62 bits per heavy atom. The number of rotatable bonds is 4. The minimum Gasteiger partial charge on any atom is -0.393 e. The van der Waals surface area contributed by atoms with Gasteiger partial charge in [0.2, 0.25) is 0 Å². The average molecular weight is 304 g/mol. The molecule has 1 fully saturated rings. The molecule has 1 saturated heterocycles. The fourth-order valence-corrected chi connectivity index (χ4v) is 3.91. The van der Waals surface area contributed by atoms with E-state index in [4.69, 9.17) is 0 Å². The van der Waals surface area contributed by atoms with Gasteiger partial charge in [0.15, 0.2) is 0 Å². The average Bonchev–Trinajstić information content (AvgIpc) is 2.77. The number of halogens is 1. The Morgan fingerprint density at radius 2 is 2.44 bits per heavy atom. The molecule has 2 rings (SSSR count). The third-order valence-corrected chi connectivity index (χ3v) is 4.71. The van der Waals surface area contributed by atoms with Crippen molar-refractivity contribution >= 4 is 27.3 Å². The highest BCUT2D eigenvalue weighted by molar-refractivity contribution is 9.11. The van der Waals surface area contributed by atoms with E-state index in [1.165, 1.54) is 28.0 Å². The molecule has 2 unspecified atom stereocenters. The molecule has 90 valence electrons. The predicted octanol–water partition coefficient (Wildman–Crippen LogP) is 3.25. The van der Waals surface area contributed by atoms with Gasteiger partial charge in [-0.1, -0.05) is 0 Å². The molecule has 16 heavy (non-hydrogen) atoms. The van der Waals surface area contributed by atoms with Gasteiger partial charge in [-0.15, -0.1) is 11.3 Å². The standard InChI is InChI=1S/C12H18BrNOS/c1-9(15)7-10-3-2-6-14(10)8-11-4-5-12(13)16-11/h4-5,9-10,15H,2-3,6-8H2,1H3. The molecule has 1 aromatic heterocycles. The summed E-state index contributed by atoms with van der Waals surface area (Å²) >= 11 is 5.30. The molecular formula is C12H18BrNOS. The van der Waals surface area contributed by atoms with Crippen molar-refractivity contribution in [1.29, 1.82) is 0 Å². The van der Waals surface area contributed by atoms with Gasteiger partial charge in [0, 0.05) is 17.5 Å². The highest BCUT2D eigenvalue weighted by atomic mass is 79.9. The molecule has 1 aliphatic heterocycles. The number of likely N-dealkylation sites (tertiary alicyclic amines) is 1. The second-order valence-corrected chi connectivity index (χ2v) is 7.10. The molecule has 2 nitrogen and oxygen atoms in total.